The molecule has 1 aromatic carbocycles. The first-order valence-corrected chi connectivity index (χ1v) is 9.39. The number of anilines is 1. The van der Waals surface area contributed by atoms with E-state index in [9.17, 15) is 4.79 Å². The van der Waals surface area contributed by atoms with Crippen molar-refractivity contribution in [2.75, 3.05) is 37.7 Å². The Bertz CT molecular complexity index is 916. The molecule has 0 unspecified atom stereocenters. The Morgan fingerprint density at radius 2 is 1.61 bits per heavy atom. The molecule has 3 heterocycles. The predicted molar refractivity (Wildman–Crippen MR) is 107 cm³/mol. The lowest BCUT2D eigenvalue weighted by Gasteiger charge is -2.35. The zero-order chi connectivity index (χ0) is 19.3. The number of nitrogens with zero attached hydrogens (tertiary/aromatic N) is 5. The fraction of sp³-hybridized carbons (Fsp3) is 0.286. The minimum Gasteiger partial charge on any atom is -0.484 e. The van der Waals surface area contributed by atoms with Crippen LogP contribution in [0.25, 0.3) is 5.82 Å². The Hall–Kier alpha value is -3.35. The summed E-state index contributed by atoms with van der Waals surface area (Å²) in [6.07, 6.45) is 3.88. The number of hydrogen-bond donors (Lipinski definition) is 0. The fourth-order valence-electron chi connectivity index (χ4n) is 3.25. The highest BCUT2D eigenvalue weighted by Gasteiger charge is 2.22. The van der Waals surface area contributed by atoms with E-state index in [4.69, 9.17) is 4.74 Å². The first-order chi connectivity index (χ1) is 13.7. The molecule has 28 heavy (non-hydrogen) atoms. The number of piperazine rings is 1. The predicted octanol–water partition coefficient (Wildman–Crippen LogP) is 2.30. The topological polar surface area (TPSA) is 63.5 Å². The summed E-state index contributed by atoms with van der Waals surface area (Å²) in [6.45, 7) is 4.80. The molecule has 0 aliphatic carbocycles. The number of para-hydroxylation sites is 1. The fourth-order valence-corrected chi connectivity index (χ4v) is 3.25. The van der Waals surface area contributed by atoms with Crippen LogP contribution in [0.1, 0.15) is 5.56 Å². The van der Waals surface area contributed by atoms with Crippen LogP contribution in [0.4, 0.5) is 5.82 Å². The van der Waals surface area contributed by atoms with Gasteiger partial charge in [-0.15, -0.1) is 10.2 Å². The highest BCUT2D eigenvalue weighted by molar-refractivity contribution is 5.78. The van der Waals surface area contributed by atoms with Crippen LogP contribution in [0.2, 0.25) is 0 Å². The third-order valence-electron chi connectivity index (χ3n) is 4.91. The number of carbonyl (C=O) groups excluding carboxylic acids is 1. The first-order valence-electron chi connectivity index (χ1n) is 9.39. The smallest absolute Gasteiger partial charge is 0.260 e. The maximum absolute atomic E-state index is 12.5. The SMILES string of the molecule is Cc1ccccc1OCC(=O)N1CCN(c2ccc(-n3cccc3)nn2)CC1. The summed E-state index contributed by atoms with van der Waals surface area (Å²) in [5.41, 5.74) is 1.03. The molecule has 2 aromatic heterocycles. The molecule has 1 aliphatic heterocycles. The molecule has 1 fully saturated rings. The molecular formula is C21H23N5O2. The second-order valence-corrected chi connectivity index (χ2v) is 6.76. The highest BCUT2D eigenvalue weighted by Crippen LogP contribution is 2.17. The van der Waals surface area contributed by atoms with Gasteiger partial charge in [0.1, 0.15) is 5.75 Å². The summed E-state index contributed by atoms with van der Waals surface area (Å²) < 4.78 is 7.60. The van der Waals surface area contributed by atoms with Crippen molar-refractivity contribution in [2.45, 2.75) is 6.92 Å². The number of rotatable bonds is 5. The van der Waals surface area contributed by atoms with E-state index in [2.05, 4.69) is 15.1 Å². The summed E-state index contributed by atoms with van der Waals surface area (Å²) in [7, 11) is 0. The number of ether oxygens (including phenoxy) is 1. The van der Waals surface area contributed by atoms with Crippen LogP contribution < -0.4 is 9.64 Å². The number of benzene rings is 1. The van der Waals surface area contributed by atoms with Gasteiger partial charge in [0, 0.05) is 38.6 Å². The average Bonchev–Trinajstić information content (AvgIpc) is 3.28. The van der Waals surface area contributed by atoms with Gasteiger partial charge in [0.15, 0.2) is 18.2 Å². The summed E-state index contributed by atoms with van der Waals surface area (Å²) in [4.78, 5) is 16.4. The monoisotopic (exact) mass is 377 g/mol. The van der Waals surface area contributed by atoms with Crippen LogP contribution in [0.15, 0.2) is 60.9 Å². The maximum atomic E-state index is 12.5. The molecule has 1 aliphatic rings. The number of aromatic nitrogens is 3. The normalized spacial score (nSPS) is 14.2. The van der Waals surface area contributed by atoms with E-state index in [0.717, 1.165) is 36.0 Å². The van der Waals surface area contributed by atoms with E-state index in [0.29, 0.717) is 13.1 Å². The van der Waals surface area contributed by atoms with E-state index in [1.165, 1.54) is 0 Å². The van der Waals surface area contributed by atoms with Gasteiger partial charge in [-0.2, -0.15) is 0 Å². The van der Waals surface area contributed by atoms with Crippen molar-refractivity contribution in [3.05, 3.63) is 66.5 Å². The number of hydrogen-bond acceptors (Lipinski definition) is 5. The largest absolute Gasteiger partial charge is 0.484 e. The van der Waals surface area contributed by atoms with Gasteiger partial charge in [0.05, 0.1) is 0 Å². The molecule has 144 valence electrons. The van der Waals surface area contributed by atoms with Gasteiger partial charge in [0.25, 0.3) is 5.91 Å². The molecule has 3 aromatic rings. The Kier molecular flexibility index (Phi) is 5.23. The molecule has 0 spiro atoms. The van der Waals surface area contributed by atoms with E-state index in [1.807, 2.05) is 77.3 Å². The third kappa shape index (κ3) is 3.98. The van der Waals surface area contributed by atoms with Gasteiger partial charge in [0.2, 0.25) is 0 Å². The van der Waals surface area contributed by atoms with Gasteiger partial charge in [-0.1, -0.05) is 18.2 Å². The van der Waals surface area contributed by atoms with Gasteiger partial charge in [-0.05, 0) is 42.8 Å². The Morgan fingerprint density at radius 1 is 0.929 bits per heavy atom. The molecule has 1 saturated heterocycles. The van der Waals surface area contributed by atoms with E-state index in [1.54, 1.807) is 0 Å². The summed E-state index contributed by atoms with van der Waals surface area (Å²) in [6, 6.07) is 15.6. The summed E-state index contributed by atoms with van der Waals surface area (Å²) in [5.74, 6) is 2.39. The van der Waals surface area contributed by atoms with Crippen molar-refractivity contribution >= 4 is 11.7 Å². The molecule has 1 amide bonds. The third-order valence-corrected chi connectivity index (χ3v) is 4.91. The Balaban J connectivity index is 1.29. The maximum Gasteiger partial charge on any atom is 0.260 e. The molecule has 7 heteroatoms. The minimum atomic E-state index is 0.0111. The van der Waals surface area contributed by atoms with Crippen molar-refractivity contribution in [1.29, 1.82) is 0 Å². The lowest BCUT2D eigenvalue weighted by Crippen LogP contribution is -2.50. The van der Waals surface area contributed by atoms with E-state index in [-0.39, 0.29) is 12.5 Å². The van der Waals surface area contributed by atoms with E-state index < -0.39 is 0 Å². The van der Waals surface area contributed by atoms with Crippen LogP contribution >= 0.6 is 0 Å². The lowest BCUT2D eigenvalue weighted by atomic mass is 10.2. The van der Waals surface area contributed by atoms with Crippen LogP contribution in [0, 0.1) is 6.92 Å². The summed E-state index contributed by atoms with van der Waals surface area (Å²) in [5, 5.41) is 8.63. The van der Waals surface area contributed by atoms with E-state index >= 15 is 0 Å². The van der Waals surface area contributed by atoms with Crippen LogP contribution in [-0.4, -0.2) is 58.4 Å². The Morgan fingerprint density at radius 3 is 2.29 bits per heavy atom. The Labute approximate surface area is 164 Å². The molecule has 0 N–H and O–H groups in total. The first kappa shape index (κ1) is 18.0. The minimum absolute atomic E-state index is 0.0111. The van der Waals surface area contributed by atoms with Crippen LogP contribution in [-0.2, 0) is 4.79 Å². The second-order valence-electron chi connectivity index (χ2n) is 6.76. The van der Waals surface area contributed by atoms with Crippen molar-refractivity contribution in [3.8, 4) is 11.6 Å². The molecule has 7 nitrogen and oxygen atoms in total. The van der Waals surface area contributed by atoms with Crippen molar-refractivity contribution in [1.82, 2.24) is 19.7 Å². The molecule has 0 radical (unpaired) electrons. The van der Waals surface area contributed by atoms with Gasteiger partial charge < -0.3 is 19.1 Å². The number of aryl methyl sites for hydroxylation is 1. The molecule has 0 atom stereocenters. The van der Waals surface area contributed by atoms with Crippen molar-refractivity contribution < 1.29 is 9.53 Å². The lowest BCUT2D eigenvalue weighted by molar-refractivity contribution is -0.133. The number of amides is 1. The molecule has 0 saturated carbocycles. The average molecular weight is 377 g/mol. The second kappa shape index (κ2) is 8.12. The van der Waals surface area contributed by atoms with Crippen molar-refractivity contribution in [3.63, 3.8) is 0 Å². The van der Waals surface area contributed by atoms with Crippen molar-refractivity contribution in [2.24, 2.45) is 0 Å². The quantitative estimate of drug-likeness (QED) is 0.683. The summed E-state index contributed by atoms with van der Waals surface area (Å²) >= 11 is 0. The zero-order valence-corrected chi connectivity index (χ0v) is 15.9. The zero-order valence-electron chi connectivity index (χ0n) is 15.9. The standard InChI is InChI=1S/C21H23N5O2/c1-17-6-2-3-7-18(17)28-16-21(27)26-14-12-25(13-15-26)20-9-8-19(22-23-20)24-10-4-5-11-24/h2-11H,12-16H2,1H3. The van der Waals surface area contributed by atoms with Crippen LogP contribution in [0.5, 0.6) is 5.75 Å². The van der Waals surface area contributed by atoms with Gasteiger partial charge >= 0.3 is 0 Å². The van der Waals surface area contributed by atoms with Gasteiger partial charge in [-0.25, -0.2) is 0 Å². The van der Waals surface area contributed by atoms with Crippen LogP contribution in [0.3, 0.4) is 0 Å². The number of carbonyl (C=O) groups is 1. The molecular weight excluding hydrogens is 354 g/mol. The molecule has 4 rings (SSSR count). The highest BCUT2D eigenvalue weighted by atomic mass is 16.5. The molecule has 0 bridgehead atoms. The van der Waals surface area contributed by atoms with Gasteiger partial charge in [-0.3, -0.25) is 4.79 Å².